The fourth-order valence-electron chi connectivity index (χ4n) is 0.658. The maximum Gasteiger partial charge on any atom is 0.300 e. The number of carboxylic acids is 2. The highest BCUT2D eigenvalue weighted by atomic mass is 16.4. The number of rotatable bonds is 2. The zero-order valence-electron chi connectivity index (χ0n) is 10.2. The van der Waals surface area contributed by atoms with E-state index in [1.807, 2.05) is 0 Å². The van der Waals surface area contributed by atoms with E-state index in [4.69, 9.17) is 19.8 Å². The molecule has 4 heteroatoms. The van der Waals surface area contributed by atoms with Crippen molar-refractivity contribution in [3.8, 4) is 0 Å². The summed E-state index contributed by atoms with van der Waals surface area (Å²) in [4.78, 5) is 18.0. The lowest BCUT2D eigenvalue weighted by atomic mass is 10.1. The fourth-order valence-corrected chi connectivity index (χ4v) is 0.658. The zero-order chi connectivity index (χ0) is 12.9. The van der Waals surface area contributed by atoms with E-state index in [0.29, 0.717) is 0 Å². The van der Waals surface area contributed by atoms with Gasteiger partial charge in [0.25, 0.3) is 11.9 Å². The second-order valence-electron chi connectivity index (χ2n) is 2.69. The molecule has 0 aromatic heterocycles. The van der Waals surface area contributed by atoms with Crippen molar-refractivity contribution >= 4 is 11.9 Å². The van der Waals surface area contributed by atoms with Crippen LogP contribution in [0.3, 0.4) is 0 Å². The number of aliphatic carboxylic acids is 2. The van der Waals surface area contributed by atoms with Crippen molar-refractivity contribution in [3.05, 3.63) is 11.6 Å². The average Bonchev–Trinajstić information content (AvgIpc) is 2.05. The van der Waals surface area contributed by atoms with Gasteiger partial charge in [-0.1, -0.05) is 25.5 Å². The van der Waals surface area contributed by atoms with E-state index in [1.165, 1.54) is 12.8 Å². The van der Waals surface area contributed by atoms with Crippen LogP contribution >= 0.6 is 0 Å². The minimum absolute atomic E-state index is 0.833. The van der Waals surface area contributed by atoms with Gasteiger partial charge in [0.15, 0.2) is 0 Å². The monoisotopic (exact) mass is 218 g/mol. The zero-order valence-corrected chi connectivity index (χ0v) is 10.2. The summed E-state index contributed by atoms with van der Waals surface area (Å²) in [6, 6.07) is 0. The van der Waals surface area contributed by atoms with Gasteiger partial charge in [0.1, 0.15) is 0 Å². The Kier molecular flexibility index (Phi) is 19.5. The highest BCUT2D eigenvalue weighted by Gasteiger charge is 1.82. The first kappa shape index (κ1) is 19.3. The van der Waals surface area contributed by atoms with Crippen LogP contribution in [0.15, 0.2) is 11.6 Å². The van der Waals surface area contributed by atoms with E-state index in [-0.39, 0.29) is 0 Å². The van der Waals surface area contributed by atoms with Crippen molar-refractivity contribution in [1.29, 1.82) is 0 Å². The van der Waals surface area contributed by atoms with Crippen LogP contribution in [0.2, 0.25) is 0 Å². The molecule has 0 aromatic rings. The van der Waals surface area contributed by atoms with Gasteiger partial charge in [0.2, 0.25) is 0 Å². The van der Waals surface area contributed by atoms with Crippen molar-refractivity contribution in [1.82, 2.24) is 0 Å². The van der Waals surface area contributed by atoms with Crippen LogP contribution in [-0.4, -0.2) is 22.2 Å². The Hall–Kier alpha value is -1.32. The summed E-state index contributed by atoms with van der Waals surface area (Å²) in [5.41, 5.74) is 1.56. The first-order valence-electron chi connectivity index (χ1n) is 4.84. The Balaban J connectivity index is -0.000000155. The second-order valence-corrected chi connectivity index (χ2v) is 2.69. The number of hydrogen-bond donors (Lipinski definition) is 2. The van der Waals surface area contributed by atoms with Gasteiger partial charge in [-0.05, 0) is 19.8 Å². The maximum atomic E-state index is 9.00. The molecule has 0 rings (SSSR count). The summed E-state index contributed by atoms with van der Waals surface area (Å²) < 4.78 is 0. The third kappa shape index (κ3) is 66.0. The largest absolute Gasteiger partial charge is 0.481 e. The molecule has 0 fully saturated rings. The molecule has 0 saturated heterocycles. The van der Waals surface area contributed by atoms with Crippen LogP contribution in [0.1, 0.15) is 47.5 Å². The molecule has 90 valence electrons. The van der Waals surface area contributed by atoms with E-state index in [2.05, 4.69) is 26.8 Å². The molecule has 0 radical (unpaired) electrons. The second kappa shape index (κ2) is 15.2. The molecule has 0 aliphatic carbocycles. The Morgan fingerprint density at radius 1 is 1.00 bits per heavy atom. The highest BCUT2D eigenvalue weighted by Crippen LogP contribution is 2.02. The fraction of sp³-hybridized carbons (Fsp3) is 0.636. The smallest absolute Gasteiger partial charge is 0.300 e. The van der Waals surface area contributed by atoms with Gasteiger partial charge >= 0.3 is 0 Å². The molecular formula is C11H22O4. The molecule has 0 saturated carbocycles. The molecule has 0 bridgehead atoms. The standard InChI is InChI=1S/C7H14.2C2H4O2/c1-4-7(5-2)6-3;2*1-2(3)4/h4H,5-6H2,1-3H3;2*1H3,(H,3,4). The first-order chi connectivity index (χ1) is 6.81. The van der Waals surface area contributed by atoms with Gasteiger partial charge in [0, 0.05) is 13.8 Å². The van der Waals surface area contributed by atoms with Crippen molar-refractivity contribution in [2.75, 3.05) is 0 Å². The molecule has 0 amide bonds. The normalized spacial score (nSPS) is 7.27. The average molecular weight is 218 g/mol. The molecule has 0 heterocycles. The van der Waals surface area contributed by atoms with E-state index in [9.17, 15) is 0 Å². The van der Waals surface area contributed by atoms with Gasteiger partial charge in [0.05, 0.1) is 0 Å². The summed E-state index contributed by atoms with van der Waals surface area (Å²) in [6.45, 7) is 8.65. The number of hydrogen-bond acceptors (Lipinski definition) is 2. The van der Waals surface area contributed by atoms with Crippen molar-refractivity contribution < 1.29 is 19.8 Å². The van der Waals surface area contributed by atoms with Crippen molar-refractivity contribution in [3.63, 3.8) is 0 Å². The minimum atomic E-state index is -0.833. The van der Waals surface area contributed by atoms with E-state index < -0.39 is 11.9 Å². The molecular weight excluding hydrogens is 196 g/mol. The van der Waals surface area contributed by atoms with E-state index in [1.54, 1.807) is 5.57 Å². The van der Waals surface area contributed by atoms with Crippen molar-refractivity contribution in [2.24, 2.45) is 0 Å². The lowest BCUT2D eigenvalue weighted by molar-refractivity contribution is -0.135. The Labute approximate surface area is 91.6 Å². The highest BCUT2D eigenvalue weighted by molar-refractivity contribution is 5.63. The first-order valence-corrected chi connectivity index (χ1v) is 4.84. The summed E-state index contributed by atoms with van der Waals surface area (Å²) in [5, 5.41) is 14.8. The Morgan fingerprint density at radius 3 is 1.20 bits per heavy atom. The van der Waals surface area contributed by atoms with Gasteiger partial charge in [-0.3, -0.25) is 9.59 Å². The van der Waals surface area contributed by atoms with Gasteiger partial charge < -0.3 is 10.2 Å². The third-order valence-corrected chi connectivity index (χ3v) is 1.32. The summed E-state index contributed by atoms with van der Waals surface area (Å²) >= 11 is 0. The quantitative estimate of drug-likeness (QED) is 0.699. The molecule has 0 spiro atoms. The number of carboxylic acid groups (broad SMARTS) is 2. The molecule has 0 aromatic carbocycles. The summed E-state index contributed by atoms with van der Waals surface area (Å²) in [6.07, 6.45) is 4.62. The molecule has 0 unspecified atom stereocenters. The maximum absolute atomic E-state index is 9.00. The Morgan fingerprint density at radius 2 is 1.20 bits per heavy atom. The molecule has 0 aliphatic rings. The van der Waals surface area contributed by atoms with Crippen LogP contribution in [0.5, 0.6) is 0 Å². The lowest BCUT2D eigenvalue weighted by Crippen LogP contribution is -1.78. The SMILES string of the molecule is CC(=O)O.CC(=O)O.CC=C(CC)CC. The predicted molar refractivity (Wildman–Crippen MR) is 61.0 cm³/mol. The molecule has 2 N–H and O–H groups in total. The summed E-state index contributed by atoms with van der Waals surface area (Å²) in [5.74, 6) is -1.67. The molecule has 0 aliphatic heterocycles. The number of allylic oxidation sites excluding steroid dienone is 2. The molecule has 4 nitrogen and oxygen atoms in total. The molecule has 0 atom stereocenters. The predicted octanol–water partition coefficient (Wildman–Crippen LogP) is 2.93. The van der Waals surface area contributed by atoms with E-state index >= 15 is 0 Å². The minimum Gasteiger partial charge on any atom is -0.481 e. The van der Waals surface area contributed by atoms with Crippen molar-refractivity contribution in [2.45, 2.75) is 47.5 Å². The summed E-state index contributed by atoms with van der Waals surface area (Å²) in [7, 11) is 0. The number of carbonyl (C=O) groups is 2. The van der Waals surface area contributed by atoms with Crippen LogP contribution in [0.4, 0.5) is 0 Å². The van der Waals surface area contributed by atoms with Crippen LogP contribution in [-0.2, 0) is 9.59 Å². The van der Waals surface area contributed by atoms with Gasteiger partial charge in [-0.2, -0.15) is 0 Å². The van der Waals surface area contributed by atoms with Crippen LogP contribution in [0.25, 0.3) is 0 Å². The third-order valence-electron chi connectivity index (χ3n) is 1.32. The van der Waals surface area contributed by atoms with E-state index in [0.717, 1.165) is 13.8 Å². The lowest BCUT2D eigenvalue weighted by Gasteiger charge is -1.93. The topological polar surface area (TPSA) is 74.6 Å². The van der Waals surface area contributed by atoms with Gasteiger partial charge in [-0.15, -0.1) is 0 Å². The van der Waals surface area contributed by atoms with Crippen LogP contribution in [0, 0.1) is 0 Å². The Bertz CT molecular complexity index is 169. The van der Waals surface area contributed by atoms with Crippen LogP contribution < -0.4 is 0 Å². The molecule has 15 heavy (non-hydrogen) atoms. The van der Waals surface area contributed by atoms with Gasteiger partial charge in [-0.25, -0.2) is 0 Å².